The van der Waals surface area contributed by atoms with Crippen molar-refractivity contribution in [2.75, 3.05) is 0 Å². The number of hydrogen-bond acceptors (Lipinski definition) is 3. The molecular weight excluding hydrogens is 299 g/mol. The first-order valence-corrected chi connectivity index (χ1v) is 6.12. The van der Waals surface area contributed by atoms with E-state index < -0.39 is 17.7 Å². The summed E-state index contributed by atoms with van der Waals surface area (Å²) < 4.78 is 39.4. The van der Waals surface area contributed by atoms with E-state index in [1.165, 1.54) is 35.0 Å². The number of aromatic nitrogens is 3. The minimum atomic E-state index is -4.47. The molecule has 112 valence electrons. The van der Waals surface area contributed by atoms with Crippen LogP contribution in [-0.4, -0.2) is 25.7 Å². The number of alkyl halides is 3. The number of pyridine rings is 1. The molecule has 0 atom stereocenters. The Balaban J connectivity index is 2.15. The fourth-order valence-electron chi connectivity index (χ4n) is 2.03. The number of rotatable bonds is 2. The molecule has 2 heterocycles. The van der Waals surface area contributed by atoms with Crippen LogP contribution in [0.15, 0.2) is 42.6 Å². The molecule has 1 aromatic carbocycles. The van der Waals surface area contributed by atoms with E-state index in [9.17, 15) is 18.0 Å². The predicted octanol–water partition coefficient (Wildman–Crippen LogP) is 3.11. The van der Waals surface area contributed by atoms with Crippen molar-refractivity contribution in [2.24, 2.45) is 0 Å². The molecule has 22 heavy (non-hydrogen) atoms. The maximum absolute atomic E-state index is 12.7. The molecule has 3 aromatic rings. The van der Waals surface area contributed by atoms with Gasteiger partial charge >= 0.3 is 12.1 Å². The van der Waals surface area contributed by atoms with Gasteiger partial charge in [-0.2, -0.15) is 13.2 Å². The van der Waals surface area contributed by atoms with Crippen molar-refractivity contribution in [1.82, 2.24) is 14.6 Å². The molecule has 0 aliphatic carbocycles. The summed E-state index contributed by atoms with van der Waals surface area (Å²) in [6.07, 6.45) is -2.99. The average Bonchev–Trinajstić information content (AvgIpc) is 2.90. The molecule has 8 heteroatoms. The number of benzene rings is 1. The Morgan fingerprint density at radius 3 is 2.64 bits per heavy atom. The maximum atomic E-state index is 12.7. The molecule has 3 rings (SSSR count). The van der Waals surface area contributed by atoms with E-state index in [0.29, 0.717) is 0 Å². The van der Waals surface area contributed by atoms with E-state index in [1.54, 1.807) is 0 Å². The van der Waals surface area contributed by atoms with Crippen LogP contribution in [-0.2, 0) is 6.18 Å². The molecule has 2 aromatic heterocycles. The second-order valence-corrected chi connectivity index (χ2v) is 4.51. The van der Waals surface area contributed by atoms with E-state index in [2.05, 4.69) is 10.1 Å². The van der Waals surface area contributed by atoms with Crippen LogP contribution in [0, 0.1) is 0 Å². The summed E-state index contributed by atoms with van der Waals surface area (Å²) in [6, 6.07) is 7.38. The normalized spacial score (nSPS) is 11.8. The number of nitrogens with zero attached hydrogens (tertiary/aromatic N) is 3. The molecule has 0 aliphatic rings. The Hall–Kier alpha value is -2.90. The van der Waals surface area contributed by atoms with Crippen molar-refractivity contribution in [3.8, 4) is 11.4 Å². The molecule has 0 spiro atoms. The summed E-state index contributed by atoms with van der Waals surface area (Å²) in [5, 5.41) is 13.1. The van der Waals surface area contributed by atoms with E-state index >= 15 is 0 Å². The van der Waals surface area contributed by atoms with Crippen molar-refractivity contribution < 1.29 is 23.1 Å². The summed E-state index contributed by atoms with van der Waals surface area (Å²) in [5.41, 5.74) is -0.659. The van der Waals surface area contributed by atoms with Crippen LogP contribution in [0.4, 0.5) is 13.2 Å². The Morgan fingerprint density at radius 2 is 1.95 bits per heavy atom. The summed E-state index contributed by atoms with van der Waals surface area (Å²) >= 11 is 0. The minimum absolute atomic E-state index is 0.0276. The van der Waals surface area contributed by atoms with Crippen LogP contribution >= 0.6 is 0 Å². The van der Waals surface area contributed by atoms with Crippen molar-refractivity contribution in [3.05, 3.63) is 53.7 Å². The Kier molecular flexibility index (Phi) is 3.09. The molecular formula is C14H8F3N3O2. The van der Waals surface area contributed by atoms with Gasteiger partial charge in [-0.1, -0.05) is 12.1 Å². The summed E-state index contributed by atoms with van der Waals surface area (Å²) in [5.74, 6) is -1.16. The van der Waals surface area contributed by atoms with Gasteiger partial charge in [0.1, 0.15) is 5.56 Å². The lowest BCUT2D eigenvalue weighted by Gasteiger charge is -2.06. The number of aromatic carboxylic acids is 1. The van der Waals surface area contributed by atoms with Crippen LogP contribution in [0.1, 0.15) is 15.9 Å². The average molecular weight is 307 g/mol. The van der Waals surface area contributed by atoms with Crippen molar-refractivity contribution in [1.29, 1.82) is 0 Å². The second-order valence-electron chi connectivity index (χ2n) is 4.51. The van der Waals surface area contributed by atoms with Crippen LogP contribution in [0.3, 0.4) is 0 Å². The first-order valence-electron chi connectivity index (χ1n) is 6.12. The van der Waals surface area contributed by atoms with Crippen LogP contribution < -0.4 is 0 Å². The molecule has 1 N–H and O–H groups in total. The molecule has 0 radical (unpaired) electrons. The van der Waals surface area contributed by atoms with E-state index in [-0.39, 0.29) is 22.6 Å². The largest absolute Gasteiger partial charge is 0.478 e. The number of carboxylic acid groups (broad SMARTS) is 1. The number of halogens is 3. The third-order valence-electron chi connectivity index (χ3n) is 3.04. The van der Waals surface area contributed by atoms with Gasteiger partial charge in [0.25, 0.3) is 0 Å². The van der Waals surface area contributed by atoms with Crippen LogP contribution in [0.25, 0.3) is 17.0 Å². The third kappa shape index (κ3) is 2.39. The summed E-state index contributed by atoms with van der Waals surface area (Å²) in [7, 11) is 0. The molecule has 0 unspecified atom stereocenters. The van der Waals surface area contributed by atoms with Gasteiger partial charge in [-0.05, 0) is 24.3 Å². The molecule has 0 aliphatic heterocycles. The lowest BCUT2D eigenvalue weighted by molar-refractivity contribution is -0.137. The zero-order valence-electron chi connectivity index (χ0n) is 10.9. The fraction of sp³-hybridized carbons (Fsp3) is 0.0714. The molecule has 0 saturated heterocycles. The molecule has 0 saturated carbocycles. The zero-order chi connectivity index (χ0) is 15.9. The summed E-state index contributed by atoms with van der Waals surface area (Å²) in [4.78, 5) is 15.1. The van der Waals surface area contributed by atoms with Crippen molar-refractivity contribution >= 4 is 11.6 Å². The number of carbonyl (C=O) groups is 1. The van der Waals surface area contributed by atoms with Gasteiger partial charge < -0.3 is 5.11 Å². The van der Waals surface area contributed by atoms with Crippen molar-refractivity contribution in [3.63, 3.8) is 0 Å². The van der Waals surface area contributed by atoms with Crippen molar-refractivity contribution in [2.45, 2.75) is 6.18 Å². The lowest BCUT2D eigenvalue weighted by atomic mass is 10.1. The Morgan fingerprint density at radius 1 is 1.18 bits per heavy atom. The molecule has 0 fully saturated rings. The summed E-state index contributed by atoms with van der Waals surface area (Å²) in [6.45, 7) is 0. The maximum Gasteiger partial charge on any atom is 0.416 e. The molecule has 0 amide bonds. The number of hydrogen-bond donors (Lipinski definition) is 1. The zero-order valence-corrected chi connectivity index (χ0v) is 10.9. The van der Waals surface area contributed by atoms with E-state index in [4.69, 9.17) is 5.11 Å². The highest BCUT2D eigenvalue weighted by Gasteiger charge is 2.30. The molecule has 5 nitrogen and oxygen atoms in total. The van der Waals surface area contributed by atoms with Gasteiger partial charge in [-0.25, -0.2) is 14.3 Å². The predicted molar refractivity (Wildman–Crippen MR) is 70.4 cm³/mol. The Bertz CT molecular complexity index is 871. The Labute approximate surface area is 121 Å². The van der Waals surface area contributed by atoms with Crippen LogP contribution in [0.2, 0.25) is 0 Å². The highest BCUT2D eigenvalue weighted by Crippen LogP contribution is 2.31. The SMILES string of the molecule is O=C(O)c1cccn2nc(-c3cccc(C(F)(F)F)c3)nc12. The van der Waals surface area contributed by atoms with Crippen LogP contribution in [0.5, 0.6) is 0 Å². The van der Waals surface area contributed by atoms with Gasteiger partial charge in [-0.15, -0.1) is 5.10 Å². The second kappa shape index (κ2) is 4.83. The fourth-order valence-corrected chi connectivity index (χ4v) is 2.03. The monoisotopic (exact) mass is 307 g/mol. The highest BCUT2D eigenvalue weighted by atomic mass is 19.4. The van der Waals surface area contributed by atoms with Gasteiger partial charge in [0.2, 0.25) is 0 Å². The van der Waals surface area contributed by atoms with Gasteiger partial charge in [0, 0.05) is 11.8 Å². The third-order valence-corrected chi connectivity index (χ3v) is 3.04. The standard InChI is InChI=1S/C14H8F3N3O2/c15-14(16,17)9-4-1-3-8(7-9)11-18-12-10(13(21)22)5-2-6-20(12)19-11/h1-7H,(H,21,22). The van der Waals surface area contributed by atoms with Gasteiger partial charge in [-0.3, -0.25) is 0 Å². The highest BCUT2D eigenvalue weighted by molar-refractivity contribution is 5.94. The first-order chi connectivity index (χ1) is 10.4. The number of fused-ring (bicyclic) bond motifs is 1. The topological polar surface area (TPSA) is 67.5 Å². The number of carboxylic acids is 1. The van der Waals surface area contributed by atoms with Gasteiger partial charge in [0.05, 0.1) is 5.56 Å². The minimum Gasteiger partial charge on any atom is -0.478 e. The van der Waals surface area contributed by atoms with E-state index in [1.807, 2.05) is 0 Å². The first kappa shape index (κ1) is 14.1. The van der Waals surface area contributed by atoms with E-state index in [0.717, 1.165) is 12.1 Å². The smallest absolute Gasteiger partial charge is 0.416 e. The van der Waals surface area contributed by atoms with Gasteiger partial charge in [0.15, 0.2) is 11.5 Å². The molecule has 0 bridgehead atoms. The quantitative estimate of drug-likeness (QED) is 0.790. The lowest BCUT2D eigenvalue weighted by Crippen LogP contribution is -2.04.